The van der Waals surface area contributed by atoms with Gasteiger partial charge in [0.2, 0.25) is 0 Å². The number of hydrogen-bond donors (Lipinski definition) is 1. The van der Waals surface area contributed by atoms with E-state index in [2.05, 4.69) is 16.3 Å². The predicted molar refractivity (Wildman–Crippen MR) is 55.1 cm³/mol. The molecule has 0 saturated heterocycles. The van der Waals surface area contributed by atoms with Crippen molar-refractivity contribution in [2.24, 2.45) is 5.41 Å². The molecule has 76 valence electrons. The minimum atomic E-state index is -0.140. The van der Waals surface area contributed by atoms with Crippen molar-refractivity contribution in [3.05, 3.63) is 29.7 Å². The first-order valence-electron chi connectivity index (χ1n) is 5.41. The minimum Gasteiger partial charge on any atom is -0.278 e. The molecule has 1 spiro atoms. The highest BCUT2D eigenvalue weighted by molar-refractivity contribution is 5.79. The molecule has 2 aromatic rings. The molecule has 1 aromatic heterocycles. The lowest BCUT2D eigenvalue weighted by Gasteiger charge is -2.00. The third kappa shape index (κ3) is 0.954. The second-order valence-corrected chi connectivity index (χ2v) is 4.95. The number of aromatic amines is 1. The molecule has 2 aliphatic carbocycles. The van der Waals surface area contributed by atoms with Gasteiger partial charge in [-0.3, -0.25) is 5.10 Å². The van der Waals surface area contributed by atoms with E-state index in [0.717, 1.165) is 11.1 Å². The van der Waals surface area contributed by atoms with Gasteiger partial charge in [0, 0.05) is 0 Å². The van der Waals surface area contributed by atoms with Crippen LogP contribution in [0.2, 0.25) is 0 Å². The van der Waals surface area contributed by atoms with Gasteiger partial charge in [0.15, 0.2) is 0 Å². The fourth-order valence-electron chi connectivity index (χ4n) is 2.76. The van der Waals surface area contributed by atoms with Crippen LogP contribution in [0.1, 0.15) is 30.7 Å². The first kappa shape index (κ1) is 7.85. The quantitative estimate of drug-likeness (QED) is 0.756. The Hall–Kier alpha value is -1.38. The highest BCUT2D eigenvalue weighted by Gasteiger charge is 2.62. The molecule has 0 amide bonds. The average Bonchev–Trinajstić information content (AvgIpc) is 3.10. The van der Waals surface area contributed by atoms with E-state index >= 15 is 0 Å². The van der Waals surface area contributed by atoms with E-state index in [1.165, 1.54) is 19.3 Å². The Balaban J connectivity index is 1.88. The van der Waals surface area contributed by atoms with Crippen LogP contribution in [0.15, 0.2) is 18.3 Å². The van der Waals surface area contributed by atoms with Gasteiger partial charge in [-0.15, -0.1) is 0 Å². The normalized spacial score (nSPS) is 26.1. The van der Waals surface area contributed by atoms with E-state index in [4.69, 9.17) is 0 Å². The van der Waals surface area contributed by atoms with Gasteiger partial charge in [-0.05, 0) is 48.3 Å². The molecular weight excluding hydrogens is 191 g/mol. The average molecular weight is 202 g/mol. The van der Waals surface area contributed by atoms with Crippen molar-refractivity contribution >= 4 is 10.9 Å². The zero-order valence-corrected chi connectivity index (χ0v) is 8.26. The third-order valence-electron chi connectivity index (χ3n) is 4.01. The highest BCUT2D eigenvalue weighted by atomic mass is 19.1. The summed E-state index contributed by atoms with van der Waals surface area (Å²) in [7, 11) is 0. The minimum absolute atomic E-state index is 0.140. The van der Waals surface area contributed by atoms with E-state index in [9.17, 15) is 4.39 Å². The maximum Gasteiger partial charge on any atom is 0.134 e. The lowest BCUT2D eigenvalue weighted by molar-refractivity contribution is 0.637. The number of H-pyrrole nitrogens is 1. The monoisotopic (exact) mass is 202 g/mol. The van der Waals surface area contributed by atoms with Crippen LogP contribution in [-0.4, -0.2) is 10.2 Å². The fourth-order valence-corrected chi connectivity index (χ4v) is 2.76. The smallest absolute Gasteiger partial charge is 0.134 e. The summed E-state index contributed by atoms with van der Waals surface area (Å²) < 4.78 is 13.7. The largest absolute Gasteiger partial charge is 0.278 e. The number of halogens is 1. The van der Waals surface area contributed by atoms with Crippen molar-refractivity contribution in [3.63, 3.8) is 0 Å². The second kappa shape index (κ2) is 2.23. The number of nitrogens with one attached hydrogen (secondary N) is 1. The summed E-state index contributed by atoms with van der Waals surface area (Å²) in [6.45, 7) is 0. The van der Waals surface area contributed by atoms with Crippen LogP contribution in [0.4, 0.5) is 4.39 Å². The molecule has 4 rings (SSSR count). The fraction of sp³-hybridized carbons (Fsp3) is 0.417. The van der Waals surface area contributed by atoms with Crippen LogP contribution in [0.5, 0.6) is 0 Å². The summed E-state index contributed by atoms with van der Waals surface area (Å²) in [6, 6.07) is 3.75. The molecular formula is C12H11FN2. The summed E-state index contributed by atoms with van der Waals surface area (Å²) in [4.78, 5) is 0. The number of nitrogens with zero attached hydrogens (tertiary/aromatic N) is 1. The van der Waals surface area contributed by atoms with Crippen LogP contribution in [0.3, 0.4) is 0 Å². The summed E-state index contributed by atoms with van der Waals surface area (Å²) in [5.41, 5.74) is 2.56. The Kier molecular flexibility index (Phi) is 1.17. The van der Waals surface area contributed by atoms with Gasteiger partial charge in [-0.1, -0.05) is 0 Å². The first-order valence-corrected chi connectivity index (χ1v) is 5.41. The molecule has 2 saturated carbocycles. The highest BCUT2D eigenvalue weighted by Crippen LogP contribution is 2.75. The molecule has 0 bridgehead atoms. The molecule has 1 aromatic carbocycles. The third-order valence-corrected chi connectivity index (χ3v) is 4.01. The molecule has 1 atom stereocenters. The zero-order valence-electron chi connectivity index (χ0n) is 8.26. The van der Waals surface area contributed by atoms with Gasteiger partial charge in [0.1, 0.15) is 5.82 Å². The van der Waals surface area contributed by atoms with Gasteiger partial charge in [-0.25, -0.2) is 4.39 Å². The van der Waals surface area contributed by atoms with E-state index in [1.54, 1.807) is 12.3 Å². The van der Waals surface area contributed by atoms with Crippen molar-refractivity contribution in [1.82, 2.24) is 10.2 Å². The van der Waals surface area contributed by atoms with E-state index < -0.39 is 0 Å². The van der Waals surface area contributed by atoms with Gasteiger partial charge in [0.25, 0.3) is 0 Å². The van der Waals surface area contributed by atoms with Gasteiger partial charge in [0.05, 0.1) is 17.1 Å². The summed E-state index contributed by atoms with van der Waals surface area (Å²) >= 11 is 0. The molecule has 0 radical (unpaired) electrons. The molecule has 1 N–H and O–H groups in total. The van der Waals surface area contributed by atoms with Crippen LogP contribution in [0, 0.1) is 11.2 Å². The van der Waals surface area contributed by atoms with Crippen LogP contribution in [-0.2, 0) is 0 Å². The molecule has 2 fully saturated rings. The molecule has 1 heterocycles. The number of aromatic nitrogens is 2. The standard InChI is InChI=1S/C12H11FN2/c13-10-3-7(9-5-12(9)1-2-12)4-11-8(10)6-14-15-11/h3-4,6,9H,1-2,5H2,(H,14,15). The van der Waals surface area contributed by atoms with E-state index in [0.29, 0.717) is 16.7 Å². The van der Waals surface area contributed by atoms with Crippen molar-refractivity contribution < 1.29 is 4.39 Å². The van der Waals surface area contributed by atoms with Crippen LogP contribution >= 0.6 is 0 Å². The Morgan fingerprint density at radius 3 is 3.00 bits per heavy atom. The first-order chi connectivity index (χ1) is 7.28. The van der Waals surface area contributed by atoms with E-state index in [1.807, 2.05) is 0 Å². The van der Waals surface area contributed by atoms with Crippen LogP contribution < -0.4 is 0 Å². The van der Waals surface area contributed by atoms with Crippen molar-refractivity contribution in [1.29, 1.82) is 0 Å². The lowest BCUT2D eigenvalue weighted by atomic mass is 10.1. The Labute approximate surface area is 86.5 Å². The van der Waals surface area contributed by atoms with Crippen LogP contribution in [0.25, 0.3) is 10.9 Å². The molecule has 1 unspecified atom stereocenters. The van der Waals surface area contributed by atoms with Crippen molar-refractivity contribution in [2.75, 3.05) is 0 Å². The number of rotatable bonds is 1. The molecule has 0 aliphatic heterocycles. The van der Waals surface area contributed by atoms with Crippen molar-refractivity contribution in [2.45, 2.75) is 25.2 Å². The molecule has 2 aliphatic rings. The Morgan fingerprint density at radius 2 is 2.27 bits per heavy atom. The number of hydrogen-bond acceptors (Lipinski definition) is 1. The maximum absolute atomic E-state index is 13.7. The number of fused-ring (bicyclic) bond motifs is 1. The Morgan fingerprint density at radius 1 is 1.40 bits per heavy atom. The lowest BCUT2D eigenvalue weighted by Crippen LogP contribution is -1.86. The van der Waals surface area contributed by atoms with Gasteiger partial charge in [-0.2, -0.15) is 5.10 Å². The van der Waals surface area contributed by atoms with Crippen molar-refractivity contribution in [3.8, 4) is 0 Å². The molecule has 15 heavy (non-hydrogen) atoms. The van der Waals surface area contributed by atoms with Gasteiger partial charge >= 0.3 is 0 Å². The summed E-state index contributed by atoms with van der Waals surface area (Å²) in [5, 5.41) is 7.31. The Bertz CT molecular complexity index is 554. The topological polar surface area (TPSA) is 28.7 Å². The van der Waals surface area contributed by atoms with E-state index in [-0.39, 0.29) is 5.82 Å². The maximum atomic E-state index is 13.7. The predicted octanol–water partition coefficient (Wildman–Crippen LogP) is 2.97. The summed E-state index contributed by atoms with van der Waals surface area (Å²) in [5.74, 6) is 0.471. The molecule has 2 nitrogen and oxygen atoms in total. The number of benzene rings is 1. The van der Waals surface area contributed by atoms with Gasteiger partial charge < -0.3 is 0 Å². The summed E-state index contributed by atoms with van der Waals surface area (Å²) in [6.07, 6.45) is 5.47. The second-order valence-electron chi connectivity index (χ2n) is 4.95. The SMILES string of the molecule is Fc1cc(C2CC23CC3)cc2[nH]ncc12. The zero-order chi connectivity index (χ0) is 10.0. The molecule has 3 heteroatoms.